The fraction of sp³-hybridized carbons (Fsp3) is 0.0526. The first kappa shape index (κ1) is 21.6. The van der Waals surface area contributed by atoms with E-state index in [1.165, 1.54) is 12.1 Å². The van der Waals surface area contributed by atoms with E-state index in [1.54, 1.807) is 24.3 Å². The molecule has 0 unspecified atom stereocenters. The predicted octanol–water partition coefficient (Wildman–Crippen LogP) is 5.92. The largest absolute Gasteiger partial charge is 0.479 e. The molecular formula is C19H10BrCl2IN2O2. The zero-order valence-electron chi connectivity index (χ0n) is 13.5. The van der Waals surface area contributed by atoms with Gasteiger partial charge in [-0.3, -0.25) is 4.79 Å². The number of rotatable bonds is 5. The normalized spacial score (nSPS) is 10.7. The molecule has 0 fully saturated rings. The van der Waals surface area contributed by atoms with E-state index in [-0.39, 0.29) is 12.2 Å². The Morgan fingerprint density at radius 1 is 1.33 bits per heavy atom. The summed E-state index contributed by atoms with van der Waals surface area (Å²) in [7, 11) is 0. The molecule has 0 spiro atoms. The first-order valence-corrected chi connectivity index (χ1v) is 9.92. The molecule has 27 heavy (non-hydrogen) atoms. The summed E-state index contributed by atoms with van der Waals surface area (Å²) in [5.74, 6) is 2.44. The van der Waals surface area contributed by atoms with Crippen molar-refractivity contribution in [2.45, 2.75) is 0 Å². The second-order valence-corrected chi connectivity index (χ2v) is 7.89. The maximum Gasteiger partial charge on any atom is 0.266 e. The van der Waals surface area contributed by atoms with Gasteiger partial charge >= 0.3 is 0 Å². The van der Waals surface area contributed by atoms with Crippen LogP contribution >= 0.6 is 61.7 Å². The lowest BCUT2D eigenvalue weighted by Gasteiger charge is -2.09. The second-order valence-electron chi connectivity index (χ2n) is 5.06. The van der Waals surface area contributed by atoms with Crippen molar-refractivity contribution in [1.82, 2.24) is 0 Å². The number of carbonyl (C=O) groups is 1. The van der Waals surface area contributed by atoms with E-state index in [4.69, 9.17) is 34.4 Å². The monoisotopic (exact) mass is 574 g/mol. The third-order valence-electron chi connectivity index (χ3n) is 3.17. The number of hydrogen-bond donors (Lipinski definition) is 1. The summed E-state index contributed by atoms with van der Waals surface area (Å²) >= 11 is 17.3. The number of anilines is 1. The molecule has 136 valence electrons. The van der Waals surface area contributed by atoms with Gasteiger partial charge in [0, 0.05) is 5.69 Å². The van der Waals surface area contributed by atoms with E-state index in [0.29, 0.717) is 31.5 Å². The molecule has 0 aliphatic carbocycles. The van der Waals surface area contributed by atoms with E-state index in [9.17, 15) is 10.1 Å². The lowest BCUT2D eigenvalue weighted by molar-refractivity contribution is -0.112. The van der Waals surface area contributed by atoms with Crippen LogP contribution in [0.25, 0.3) is 6.08 Å². The summed E-state index contributed by atoms with van der Waals surface area (Å²) in [6, 6.07) is 10.1. The van der Waals surface area contributed by atoms with Gasteiger partial charge < -0.3 is 10.1 Å². The minimum Gasteiger partial charge on any atom is -0.479 e. The highest BCUT2D eigenvalue weighted by atomic mass is 127. The molecule has 0 atom stereocenters. The SMILES string of the molecule is C#CCOc1c(Br)cc(/C=C(\C#N)C(=O)Nc2ccc(Cl)c(Cl)c2)cc1I. The maximum absolute atomic E-state index is 12.4. The molecule has 1 amide bonds. The Morgan fingerprint density at radius 2 is 2.07 bits per heavy atom. The second kappa shape index (κ2) is 10.0. The molecule has 0 bridgehead atoms. The summed E-state index contributed by atoms with van der Waals surface area (Å²) in [5.41, 5.74) is 1.02. The molecule has 0 saturated carbocycles. The average molecular weight is 576 g/mol. The Morgan fingerprint density at radius 3 is 2.67 bits per heavy atom. The Bertz CT molecular complexity index is 987. The molecule has 8 heteroatoms. The number of nitrogens with zero attached hydrogens (tertiary/aromatic N) is 1. The van der Waals surface area contributed by atoms with Gasteiger partial charge in [-0.2, -0.15) is 5.26 Å². The summed E-state index contributed by atoms with van der Waals surface area (Å²) in [4.78, 5) is 12.4. The van der Waals surface area contributed by atoms with Gasteiger partial charge in [0.15, 0.2) is 0 Å². The average Bonchev–Trinajstić information content (AvgIpc) is 2.62. The molecule has 0 radical (unpaired) electrons. The fourth-order valence-corrected chi connectivity index (χ4v) is 4.07. The number of amides is 1. The Kier molecular flexibility index (Phi) is 8.00. The van der Waals surface area contributed by atoms with Crippen LogP contribution in [-0.4, -0.2) is 12.5 Å². The van der Waals surface area contributed by atoms with E-state index >= 15 is 0 Å². The van der Waals surface area contributed by atoms with Gasteiger partial charge in [-0.1, -0.05) is 29.1 Å². The topological polar surface area (TPSA) is 62.1 Å². The van der Waals surface area contributed by atoms with Gasteiger partial charge in [0.25, 0.3) is 5.91 Å². The van der Waals surface area contributed by atoms with Crippen LogP contribution in [-0.2, 0) is 4.79 Å². The van der Waals surface area contributed by atoms with E-state index < -0.39 is 5.91 Å². The highest BCUT2D eigenvalue weighted by Gasteiger charge is 2.13. The van der Waals surface area contributed by atoms with Gasteiger partial charge in [-0.05, 0) is 80.5 Å². The minimum atomic E-state index is -0.560. The number of terminal acetylenes is 1. The van der Waals surface area contributed by atoms with Crippen LogP contribution in [0.4, 0.5) is 5.69 Å². The first-order valence-electron chi connectivity index (χ1n) is 7.29. The van der Waals surface area contributed by atoms with Gasteiger partial charge in [0.1, 0.15) is 24.0 Å². The maximum atomic E-state index is 12.4. The van der Waals surface area contributed by atoms with Crippen LogP contribution in [0.2, 0.25) is 10.0 Å². The van der Waals surface area contributed by atoms with Crippen LogP contribution in [0.15, 0.2) is 40.4 Å². The standard InChI is InChI=1S/C19H10BrCl2IN2O2/c1-2-5-27-18-14(20)7-11(8-17(18)23)6-12(10-24)19(26)25-13-3-4-15(21)16(22)9-13/h1,3-4,6-9H,5H2,(H,25,26)/b12-6+. The molecular weight excluding hydrogens is 566 g/mol. The number of benzene rings is 2. The Balaban J connectivity index is 2.27. The summed E-state index contributed by atoms with van der Waals surface area (Å²) in [6.07, 6.45) is 6.68. The number of nitrogens with one attached hydrogen (secondary N) is 1. The molecule has 4 nitrogen and oxygen atoms in total. The van der Waals surface area contributed by atoms with Crippen LogP contribution < -0.4 is 10.1 Å². The molecule has 0 aliphatic rings. The van der Waals surface area contributed by atoms with Crippen LogP contribution in [0, 0.1) is 27.2 Å². The number of nitriles is 1. The van der Waals surface area contributed by atoms with Crippen molar-refractivity contribution in [3.8, 4) is 24.2 Å². The van der Waals surface area contributed by atoms with E-state index in [1.807, 2.05) is 6.07 Å². The highest BCUT2D eigenvalue weighted by Crippen LogP contribution is 2.33. The molecule has 1 N–H and O–H groups in total. The number of carbonyl (C=O) groups excluding carboxylic acids is 1. The van der Waals surface area contributed by atoms with Crippen molar-refractivity contribution in [3.05, 3.63) is 59.6 Å². The highest BCUT2D eigenvalue weighted by molar-refractivity contribution is 14.1. The first-order chi connectivity index (χ1) is 12.8. The van der Waals surface area contributed by atoms with Crippen molar-refractivity contribution in [3.63, 3.8) is 0 Å². The smallest absolute Gasteiger partial charge is 0.266 e. The van der Waals surface area contributed by atoms with Crippen LogP contribution in [0.3, 0.4) is 0 Å². The lowest BCUT2D eigenvalue weighted by Crippen LogP contribution is -2.13. The number of ether oxygens (including phenoxy) is 1. The Hall–Kier alpha value is -1.71. The molecule has 0 aliphatic heterocycles. The minimum absolute atomic E-state index is 0.0685. The van der Waals surface area contributed by atoms with E-state index in [0.717, 1.165) is 3.57 Å². The fourth-order valence-electron chi connectivity index (χ4n) is 2.00. The molecule has 2 rings (SSSR count). The van der Waals surface area contributed by atoms with Crippen LogP contribution in [0.1, 0.15) is 5.56 Å². The van der Waals surface area contributed by atoms with Gasteiger partial charge in [0.05, 0.1) is 18.1 Å². The van der Waals surface area contributed by atoms with Crippen LogP contribution in [0.5, 0.6) is 5.75 Å². The van der Waals surface area contributed by atoms with E-state index in [2.05, 4.69) is 49.8 Å². The molecule has 2 aromatic carbocycles. The van der Waals surface area contributed by atoms with Crippen molar-refractivity contribution in [2.75, 3.05) is 11.9 Å². The summed E-state index contributed by atoms with van der Waals surface area (Å²) < 4.78 is 6.92. The van der Waals surface area contributed by atoms with Crippen molar-refractivity contribution >= 4 is 79.4 Å². The molecule has 0 saturated heterocycles. The zero-order chi connectivity index (χ0) is 20.0. The number of hydrogen-bond acceptors (Lipinski definition) is 3. The zero-order valence-corrected chi connectivity index (χ0v) is 18.8. The Labute approximate surface area is 188 Å². The predicted molar refractivity (Wildman–Crippen MR) is 120 cm³/mol. The van der Waals surface area contributed by atoms with Crippen molar-refractivity contribution in [1.29, 1.82) is 5.26 Å². The number of halogens is 4. The molecule has 2 aromatic rings. The van der Waals surface area contributed by atoms with Gasteiger partial charge in [-0.15, -0.1) is 6.42 Å². The molecule has 0 heterocycles. The van der Waals surface area contributed by atoms with Crippen molar-refractivity contribution in [2.24, 2.45) is 0 Å². The third kappa shape index (κ3) is 5.88. The van der Waals surface area contributed by atoms with Gasteiger partial charge in [0.2, 0.25) is 0 Å². The lowest BCUT2D eigenvalue weighted by atomic mass is 10.1. The summed E-state index contributed by atoms with van der Waals surface area (Å²) in [5, 5.41) is 12.6. The van der Waals surface area contributed by atoms with Gasteiger partial charge in [-0.25, -0.2) is 0 Å². The third-order valence-corrected chi connectivity index (χ3v) is 5.30. The summed E-state index contributed by atoms with van der Waals surface area (Å²) in [6.45, 7) is 0.138. The quantitative estimate of drug-likeness (QED) is 0.208. The van der Waals surface area contributed by atoms with Crippen molar-refractivity contribution < 1.29 is 9.53 Å². The molecule has 0 aromatic heterocycles.